The average Bonchev–Trinajstić information content (AvgIpc) is 2.27. The zero-order valence-electron chi connectivity index (χ0n) is 9.88. The highest BCUT2D eigenvalue weighted by Crippen LogP contribution is 2.32. The SMILES string of the molecule is CCCC(=O)Nc1ccccc1SCC(F)(F)F. The Morgan fingerprint density at radius 1 is 1.33 bits per heavy atom. The van der Waals surface area contributed by atoms with Gasteiger partial charge in [0.2, 0.25) is 5.91 Å². The molecule has 2 nitrogen and oxygen atoms in total. The molecule has 0 aliphatic carbocycles. The normalized spacial score (nSPS) is 11.3. The van der Waals surface area contributed by atoms with E-state index in [2.05, 4.69) is 5.32 Å². The fourth-order valence-electron chi connectivity index (χ4n) is 1.30. The van der Waals surface area contributed by atoms with Gasteiger partial charge >= 0.3 is 6.18 Å². The minimum absolute atomic E-state index is 0.183. The lowest BCUT2D eigenvalue weighted by atomic mass is 10.3. The van der Waals surface area contributed by atoms with Crippen molar-refractivity contribution in [2.75, 3.05) is 11.1 Å². The van der Waals surface area contributed by atoms with E-state index in [0.29, 0.717) is 35.2 Å². The van der Waals surface area contributed by atoms with Crippen molar-refractivity contribution in [3.63, 3.8) is 0 Å². The molecule has 1 aromatic carbocycles. The summed E-state index contributed by atoms with van der Waals surface area (Å²) in [5.74, 6) is -1.15. The first-order chi connectivity index (χ1) is 8.42. The molecule has 0 aromatic heterocycles. The minimum atomic E-state index is -4.22. The fourth-order valence-corrected chi connectivity index (χ4v) is 2.06. The molecule has 1 N–H and O–H groups in total. The Morgan fingerprint density at radius 3 is 2.61 bits per heavy atom. The van der Waals surface area contributed by atoms with Gasteiger partial charge in [-0.2, -0.15) is 13.2 Å². The Kier molecular flexibility index (Phi) is 5.53. The predicted octanol–water partition coefficient (Wildman–Crippen LogP) is 4.08. The number of carbonyl (C=O) groups is 1. The van der Waals surface area contributed by atoms with Crippen molar-refractivity contribution in [2.45, 2.75) is 30.8 Å². The van der Waals surface area contributed by atoms with Gasteiger partial charge < -0.3 is 5.32 Å². The molecule has 0 fully saturated rings. The molecule has 1 amide bonds. The number of benzene rings is 1. The molecule has 1 rings (SSSR count). The van der Waals surface area contributed by atoms with E-state index in [-0.39, 0.29) is 5.91 Å². The maximum atomic E-state index is 12.1. The van der Waals surface area contributed by atoms with Gasteiger partial charge in [-0.1, -0.05) is 19.1 Å². The largest absolute Gasteiger partial charge is 0.398 e. The molecule has 0 aliphatic heterocycles. The molecule has 1 aromatic rings. The summed E-state index contributed by atoms with van der Waals surface area (Å²) in [6.07, 6.45) is -3.16. The molecule has 0 aliphatic rings. The summed E-state index contributed by atoms with van der Waals surface area (Å²) < 4.78 is 36.4. The third kappa shape index (κ3) is 5.44. The number of hydrogen-bond donors (Lipinski definition) is 1. The number of hydrogen-bond acceptors (Lipinski definition) is 2. The predicted molar refractivity (Wildman–Crippen MR) is 66.8 cm³/mol. The fraction of sp³-hybridized carbons (Fsp3) is 0.417. The van der Waals surface area contributed by atoms with E-state index in [9.17, 15) is 18.0 Å². The number of amides is 1. The highest BCUT2D eigenvalue weighted by Gasteiger charge is 2.27. The van der Waals surface area contributed by atoms with E-state index in [1.165, 1.54) is 0 Å². The lowest BCUT2D eigenvalue weighted by molar-refractivity contribution is -0.116. The van der Waals surface area contributed by atoms with Crippen molar-refractivity contribution in [2.24, 2.45) is 0 Å². The van der Waals surface area contributed by atoms with Gasteiger partial charge in [-0.15, -0.1) is 11.8 Å². The van der Waals surface area contributed by atoms with Crippen LogP contribution in [0.3, 0.4) is 0 Å². The lowest BCUT2D eigenvalue weighted by Gasteiger charge is -2.11. The van der Waals surface area contributed by atoms with E-state index in [4.69, 9.17) is 0 Å². The third-order valence-electron chi connectivity index (χ3n) is 2.03. The molecule has 0 spiro atoms. The van der Waals surface area contributed by atoms with Crippen LogP contribution in [0, 0.1) is 0 Å². The van der Waals surface area contributed by atoms with Crippen LogP contribution in [0.25, 0.3) is 0 Å². The van der Waals surface area contributed by atoms with Gasteiger partial charge in [-0.3, -0.25) is 4.79 Å². The summed E-state index contributed by atoms with van der Waals surface area (Å²) in [7, 11) is 0. The van der Waals surface area contributed by atoms with Crippen molar-refractivity contribution in [1.29, 1.82) is 0 Å². The summed E-state index contributed by atoms with van der Waals surface area (Å²) in [5, 5.41) is 2.62. The van der Waals surface area contributed by atoms with Crippen molar-refractivity contribution >= 4 is 23.4 Å². The van der Waals surface area contributed by atoms with Crippen LogP contribution in [0.5, 0.6) is 0 Å². The number of para-hydroxylation sites is 1. The smallest absolute Gasteiger partial charge is 0.325 e. The molecule has 6 heteroatoms. The Balaban J connectivity index is 2.70. The molecule has 0 bridgehead atoms. The minimum Gasteiger partial charge on any atom is -0.325 e. The monoisotopic (exact) mass is 277 g/mol. The molecule has 0 saturated carbocycles. The highest BCUT2D eigenvalue weighted by atomic mass is 32.2. The average molecular weight is 277 g/mol. The van der Waals surface area contributed by atoms with E-state index >= 15 is 0 Å². The number of alkyl halides is 3. The quantitative estimate of drug-likeness (QED) is 0.822. The summed E-state index contributed by atoms with van der Waals surface area (Å²) in [4.78, 5) is 11.9. The van der Waals surface area contributed by atoms with Gasteiger partial charge in [0.1, 0.15) is 0 Å². The van der Waals surface area contributed by atoms with Crippen LogP contribution in [0.2, 0.25) is 0 Å². The number of nitrogens with one attached hydrogen (secondary N) is 1. The highest BCUT2D eigenvalue weighted by molar-refractivity contribution is 7.99. The summed E-state index contributed by atoms with van der Waals surface area (Å²) >= 11 is 0.674. The lowest BCUT2D eigenvalue weighted by Crippen LogP contribution is -2.13. The Bertz CT molecular complexity index is 407. The molecular weight excluding hydrogens is 263 g/mol. The second-order valence-corrected chi connectivity index (χ2v) is 4.72. The van der Waals surface area contributed by atoms with Crippen molar-refractivity contribution in [3.8, 4) is 0 Å². The van der Waals surface area contributed by atoms with E-state index in [0.717, 1.165) is 0 Å². The van der Waals surface area contributed by atoms with E-state index < -0.39 is 11.9 Å². The van der Waals surface area contributed by atoms with Crippen molar-refractivity contribution in [3.05, 3.63) is 24.3 Å². The zero-order chi connectivity index (χ0) is 13.6. The summed E-state index contributed by atoms with van der Waals surface area (Å²) in [6.45, 7) is 1.86. The number of halogens is 3. The molecule has 0 atom stereocenters. The number of thioether (sulfide) groups is 1. The molecule has 0 heterocycles. The third-order valence-corrected chi connectivity index (χ3v) is 3.17. The molecule has 100 valence electrons. The number of rotatable bonds is 5. The van der Waals surface area contributed by atoms with Crippen LogP contribution in [0.15, 0.2) is 29.2 Å². The van der Waals surface area contributed by atoms with Gasteiger partial charge in [0.15, 0.2) is 0 Å². The van der Waals surface area contributed by atoms with E-state index in [1.54, 1.807) is 24.3 Å². The van der Waals surface area contributed by atoms with Crippen LogP contribution in [0.1, 0.15) is 19.8 Å². The van der Waals surface area contributed by atoms with Crippen LogP contribution in [-0.2, 0) is 4.79 Å². The number of carbonyl (C=O) groups excluding carboxylic acids is 1. The van der Waals surface area contributed by atoms with Crippen molar-refractivity contribution in [1.82, 2.24) is 0 Å². The van der Waals surface area contributed by atoms with Gasteiger partial charge in [0.25, 0.3) is 0 Å². The first kappa shape index (κ1) is 14.9. The molecular formula is C12H14F3NOS. The van der Waals surface area contributed by atoms with Crippen LogP contribution in [0.4, 0.5) is 18.9 Å². The van der Waals surface area contributed by atoms with Gasteiger partial charge in [0, 0.05) is 11.3 Å². The molecule has 0 radical (unpaired) electrons. The van der Waals surface area contributed by atoms with Gasteiger partial charge in [-0.25, -0.2) is 0 Å². The van der Waals surface area contributed by atoms with Gasteiger partial charge in [-0.05, 0) is 18.6 Å². The van der Waals surface area contributed by atoms with Crippen LogP contribution < -0.4 is 5.32 Å². The maximum Gasteiger partial charge on any atom is 0.398 e. The van der Waals surface area contributed by atoms with Gasteiger partial charge in [0.05, 0.1) is 11.4 Å². The Labute approximate surface area is 108 Å². The van der Waals surface area contributed by atoms with Crippen LogP contribution in [-0.4, -0.2) is 17.8 Å². The summed E-state index contributed by atoms with van der Waals surface area (Å²) in [5.41, 5.74) is 0.435. The molecule has 0 saturated heterocycles. The maximum absolute atomic E-state index is 12.1. The second kappa shape index (κ2) is 6.68. The topological polar surface area (TPSA) is 29.1 Å². The number of anilines is 1. The first-order valence-corrected chi connectivity index (χ1v) is 6.49. The molecule has 18 heavy (non-hydrogen) atoms. The Morgan fingerprint density at radius 2 is 2.00 bits per heavy atom. The standard InChI is InChI=1S/C12H14F3NOS/c1-2-5-11(17)16-9-6-3-4-7-10(9)18-8-12(13,14)15/h3-4,6-7H,2,5,8H2,1H3,(H,16,17). The molecule has 0 unspecified atom stereocenters. The first-order valence-electron chi connectivity index (χ1n) is 5.51. The Hall–Kier alpha value is -1.17. The second-order valence-electron chi connectivity index (χ2n) is 3.70. The van der Waals surface area contributed by atoms with Crippen LogP contribution >= 0.6 is 11.8 Å². The van der Waals surface area contributed by atoms with E-state index in [1.807, 2.05) is 6.92 Å². The van der Waals surface area contributed by atoms with Crippen molar-refractivity contribution < 1.29 is 18.0 Å². The summed E-state index contributed by atoms with van der Waals surface area (Å²) in [6, 6.07) is 6.50. The zero-order valence-corrected chi connectivity index (χ0v) is 10.7.